The molecule has 1 aromatic heterocycles. The van der Waals surface area contributed by atoms with E-state index in [1.165, 1.54) is 11.1 Å². The van der Waals surface area contributed by atoms with Gasteiger partial charge in [-0.15, -0.1) is 0 Å². The largest absolute Gasteiger partial charge is 0.343 e. The minimum atomic E-state index is 0.184. The van der Waals surface area contributed by atoms with E-state index in [9.17, 15) is 4.79 Å². The van der Waals surface area contributed by atoms with Crippen molar-refractivity contribution in [2.75, 3.05) is 0 Å². The summed E-state index contributed by atoms with van der Waals surface area (Å²) in [5, 5.41) is 1.11. The molecular weight excluding hydrogens is 270 g/mol. The second kappa shape index (κ2) is 5.45. The predicted octanol–water partition coefficient (Wildman–Crippen LogP) is 4.80. The van der Waals surface area contributed by atoms with Gasteiger partial charge in [-0.25, -0.2) is 0 Å². The summed E-state index contributed by atoms with van der Waals surface area (Å²) in [6.45, 7) is 7.53. The van der Waals surface area contributed by atoms with Gasteiger partial charge in [0.25, 0.3) is 0 Å². The lowest BCUT2D eigenvalue weighted by atomic mass is 9.87. The number of hydrogen-bond donors (Lipinski definition) is 0. The zero-order valence-electron chi connectivity index (χ0n) is 13.3. The maximum absolute atomic E-state index is 10.9. The standard InChI is InChI=1S/C20H21NO/c1-20(2,3)18-7-4-15(5-8-18)13-21-11-10-17-12-16(14-22)6-9-19(17)21/h4-12,14H,13H2,1-3H3. The molecule has 0 saturated heterocycles. The van der Waals surface area contributed by atoms with Crippen LogP contribution in [0.5, 0.6) is 0 Å². The number of fused-ring (bicyclic) bond motifs is 1. The molecule has 0 unspecified atom stereocenters. The Balaban J connectivity index is 1.88. The highest BCUT2D eigenvalue weighted by Gasteiger charge is 2.13. The molecule has 0 bridgehead atoms. The molecule has 0 radical (unpaired) electrons. The zero-order valence-corrected chi connectivity index (χ0v) is 13.3. The van der Waals surface area contributed by atoms with Gasteiger partial charge in [0.15, 0.2) is 0 Å². The van der Waals surface area contributed by atoms with Crippen LogP contribution in [-0.2, 0) is 12.0 Å². The minimum absolute atomic E-state index is 0.184. The lowest BCUT2D eigenvalue weighted by molar-refractivity contribution is 0.112. The number of carbonyl (C=O) groups excluding carboxylic acids is 1. The van der Waals surface area contributed by atoms with Crippen LogP contribution in [0.25, 0.3) is 10.9 Å². The molecule has 0 atom stereocenters. The van der Waals surface area contributed by atoms with Gasteiger partial charge in [-0.2, -0.15) is 0 Å². The number of carbonyl (C=O) groups is 1. The number of hydrogen-bond acceptors (Lipinski definition) is 1. The lowest BCUT2D eigenvalue weighted by Crippen LogP contribution is -2.10. The maximum Gasteiger partial charge on any atom is 0.150 e. The molecule has 0 aliphatic rings. The topological polar surface area (TPSA) is 22.0 Å². The Labute approximate surface area is 131 Å². The Morgan fingerprint density at radius 1 is 1.00 bits per heavy atom. The van der Waals surface area contributed by atoms with Crippen LogP contribution in [-0.4, -0.2) is 10.9 Å². The van der Waals surface area contributed by atoms with Crippen LogP contribution in [0.4, 0.5) is 0 Å². The summed E-state index contributed by atoms with van der Waals surface area (Å²) in [6.07, 6.45) is 2.97. The van der Waals surface area contributed by atoms with Crippen LogP contribution in [0, 0.1) is 0 Å². The third-order valence-electron chi connectivity index (χ3n) is 4.10. The van der Waals surface area contributed by atoms with Gasteiger partial charge >= 0.3 is 0 Å². The highest BCUT2D eigenvalue weighted by atomic mass is 16.1. The first-order valence-electron chi connectivity index (χ1n) is 7.61. The molecule has 2 heteroatoms. The molecule has 0 aliphatic carbocycles. The Morgan fingerprint density at radius 3 is 2.36 bits per heavy atom. The molecule has 22 heavy (non-hydrogen) atoms. The molecule has 2 aromatic carbocycles. The first-order valence-corrected chi connectivity index (χ1v) is 7.61. The molecule has 3 aromatic rings. The first-order chi connectivity index (χ1) is 10.5. The minimum Gasteiger partial charge on any atom is -0.343 e. The van der Waals surface area contributed by atoms with E-state index in [2.05, 4.69) is 61.9 Å². The van der Waals surface area contributed by atoms with Crippen molar-refractivity contribution >= 4 is 17.2 Å². The van der Waals surface area contributed by atoms with Crippen molar-refractivity contribution in [3.8, 4) is 0 Å². The van der Waals surface area contributed by atoms with Crippen molar-refractivity contribution in [3.05, 3.63) is 71.4 Å². The van der Waals surface area contributed by atoms with Crippen LogP contribution < -0.4 is 0 Å². The maximum atomic E-state index is 10.9. The predicted molar refractivity (Wildman–Crippen MR) is 91.6 cm³/mol. The van der Waals surface area contributed by atoms with E-state index >= 15 is 0 Å². The highest BCUT2D eigenvalue weighted by molar-refractivity contribution is 5.87. The average Bonchev–Trinajstić information content (AvgIpc) is 2.89. The summed E-state index contributed by atoms with van der Waals surface area (Å²) in [6, 6.07) is 16.7. The quantitative estimate of drug-likeness (QED) is 0.635. The van der Waals surface area contributed by atoms with Gasteiger partial charge in [-0.05, 0) is 40.8 Å². The van der Waals surface area contributed by atoms with Gasteiger partial charge in [0.05, 0.1) is 0 Å². The van der Waals surface area contributed by atoms with Crippen molar-refractivity contribution in [1.29, 1.82) is 0 Å². The fraction of sp³-hybridized carbons (Fsp3) is 0.250. The Kier molecular flexibility index (Phi) is 3.61. The van der Waals surface area contributed by atoms with Crippen LogP contribution in [0.15, 0.2) is 54.7 Å². The van der Waals surface area contributed by atoms with E-state index in [1.807, 2.05) is 18.2 Å². The fourth-order valence-corrected chi connectivity index (χ4v) is 2.74. The first kappa shape index (κ1) is 14.6. The van der Waals surface area contributed by atoms with E-state index in [1.54, 1.807) is 0 Å². The summed E-state index contributed by atoms with van der Waals surface area (Å²) in [5.41, 5.74) is 4.70. The molecule has 0 amide bonds. The number of benzene rings is 2. The zero-order chi connectivity index (χ0) is 15.7. The number of rotatable bonds is 3. The van der Waals surface area contributed by atoms with Gasteiger partial charge in [0.2, 0.25) is 0 Å². The van der Waals surface area contributed by atoms with Crippen molar-refractivity contribution in [3.63, 3.8) is 0 Å². The van der Waals surface area contributed by atoms with Crippen molar-refractivity contribution in [2.45, 2.75) is 32.7 Å². The Bertz CT molecular complexity index is 804. The number of aldehydes is 1. The van der Waals surface area contributed by atoms with Crippen LogP contribution in [0.3, 0.4) is 0 Å². The number of aromatic nitrogens is 1. The molecule has 0 fully saturated rings. The lowest BCUT2D eigenvalue weighted by Gasteiger charge is -2.19. The Morgan fingerprint density at radius 2 is 1.73 bits per heavy atom. The van der Waals surface area contributed by atoms with Gasteiger partial charge in [0.1, 0.15) is 6.29 Å². The van der Waals surface area contributed by atoms with Crippen LogP contribution in [0.2, 0.25) is 0 Å². The molecule has 1 heterocycles. The fourth-order valence-electron chi connectivity index (χ4n) is 2.74. The smallest absolute Gasteiger partial charge is 0.150 e. The third-order valence-corrected chi connectivity index (χ3v) is 4.10. The van der Waals surface area contributed by atoms with Gasteiger partial charge in [0, 0.05) is 29.2 Å². The highest BCUT2D eigenvalue weighted by Crippen LogP contribution is 2.23. The second-order valence-corrected chi connectivity index (χ2v) is 6.83. The molecule has 2 nitrogen and oxygen atoms in total. The van der Waals surface area contributed by atoms with Gasteiger partial charge in [-0.3, -0.25) is 4.79 Å². The summed E-state index contributed by atoms with van der Waals surface area (Å²) in [4.78, 5) is 10.9. The number of nitrogens with zero attached hydrogens (tertiary/aromatic N) is 1. The van der Waals surface area contributed by atoms with Gasteiger partial charge in [-0.1, -0.05) is 45.0 Å². The molecular formula is C20H21NO. The molecule has 0 aliphatic heterocycles. The van der Waals surface area contributed by atoms with Crippen LogP contribution >= 0.6 is 0 Å². The Hall–Kier alpha value is -2.35. The molecule has 0 spiro atoms. The van der Waals surface area contributed by atoms with Crippen molar-refractivity contribution in [1.82, 2.24) is 4.57 Å². The van der Waals surface area contributed by atoms with Crippen LogP contribution in [0.1, 0.15) is 42.3 Å². The van der Waals surface area contributed by atoms with E-state index in [0.29, 0.717) is 0 Å². The average molecular weight is 291 g/mol. The molecule has 0 N–H and O–H groups in total. The summed E-state index contributed by atoms with van der Waals surface area (Å²) in [5.74, 6) is 0. The van der Waals surface area contributed by atoms with E-state index < -0.39 is 0 Å². The SMILES string of the molecule is CC(C)(C)c1ccc(Cn2ccc3cc(C=O)ccc32)cc1. The normalized spacial score (nSPS) is 11.8. The van der Waals surface area contributed by atoms with E-state index in [-0.39, 0.29) is 5.41 Å². The van der Waals surface area contributed by atoms with E-state index in [0.717, 1.165) is 29.3 Å². The molecule has 0 saturated carbocycles. The summed E-state index contributed by atoms with van der Waals surface area (Å²) in [7, 11) is 0. The van der Waals surface area contributed by atoms with E-state index in [4.69, 9.17) is 0 Å². The molecule has 3 rings (SSSR count). The molecule has 112 valence electrons. The summed E-state index contributed by atoms with van der Waals surface area (Å²) < 4.78 is 2.22. The van der Waals surface area contributed by atoms with Crippen molar-refractivity contribution in [2.24, 2.45) is 0 Å². The monoisotopic (exact) mass is 291 g/mol. The summed E-state index contributed by atoms with van der Waals surface area (Å²) >= 11 is 0. The van der Waals surface area contributed by atoms with Gasteiger partial charge < -0.3 is 4.57 Å². The van der Waals surface area contributed by atoms with Crippen molar-refractivity contribution < 1.29 is 4.79 Å². The third kappa shape index (κ3) is 2.82. The second-order valence-electron chi connectivity index (χ2n) is 6.83.